The minimum Gasteiger partial charge on any atom is -0.272 e. The van der Waals surface area contributed by atoms with Crippen LogP contribution in [0.1, 0.15) is 6.92 Å². The molecule has 74 valence electrons. The van der Waals surface area contributed by atoms with Gasteiger partial charge in [0.05, 0.1) is 0 Å². The molecule has 12 heavy (non-hydrogen) atoms. The number of hydrogen-bond acceptors (Lipinski definition) is 5. The molecule has 0 fully saturated rings. The molecular weight excluding hydrogens is 214 g/mol. The predicted octanol–water partition coefficient (Wildman–Crippen LogP) is -1.15. The quantitative estimate of drug-likeness (QED) is 0.453. The first-order valence-corrected chi connectivity index (χ1v) is 5.35. The molecule has 0 aromatic rings. The third-order valence-electron chi connectivity index (χ3n) is 0.693. The Morgan fingerprint density at radius 3 is 1.75 bits per heavy atom. The Bertz CT molecular complexity index is 326. The molecule has 0 saturated carbocycles. The van der Waals surface area contributed by atoms with Gasteiger partial charge < -0.3 is 0 Å². The zero-order chi connectivity index (χ0) is 9.99. The molecule has 8 nitrogen and oxygen atoms in total. The van der Waals surface area contributed by atoms with Crippen LogP contribution in [0.2, 0.25) is 0 Å². The number of rotatable bonds is 4. The number of nitrogens with zero attached hydrogens (tertiary/aromatic N) is 1. The van der Waals surface area contributed by atoms with Crippen molar-refractivity contribution in [2.45, 2.75) is 6.92 Å². The molecule has 0 atom stereocenters. The van der Waals surface area contributed by atoms with Crippen LogP contribution >= 0.6 is 0 Å². The van der Waals surface area contributed by atoms with Crippen molar-refractivity contribution < 1.29 is 30.2 Å². The van der Waals surface area contributed by atoms with Crippen LogP contribution in [0.15, 0.2) is 0 Å². The largest absolute Gasteiger partial charge is 0.414 e. The van der Waals surface area contributed by atoms with Crippen molar-refractivity contribution in [2.24, 2.45) is 0 Å². The summed E-state index contributed by atoms with van der Waals surface area (Å²) in [5, 5.41) is 0. The van der Waals surface area contributed by atoms with Crippen molar-refractivity contribution in [3.63, 3.8) is 0 Å². The lowest BCUT2D eigenvalue weighted by atomic mass is 10.8. The smallest absolute Gasteiger partial charge is 0.272 e. The van der Waals surface area contributed by atoms with E-state index in [4.69, 9.17) is 9.11 Å². The van der Waals surface area contributed by atoms with E-state index >= 15 is 0 Å². The Balaban J connectivity index is 4.64. The van der Waals surface area contributed by atoms with Gasteiger partial charge in [0.1, 0.15) is 0 Å². The van der Waals surface area contributed by atoms with Gasteiger partial charge in [-0.3, -0.25) is 9.11 Å². The van der Waals surface area contributed by atoms with Gasteiger partial charge in [0.2, 0.25) is 0 Å². The third kappa shape index (κ3) is 4.58. The van der Waals surface area contributed by atoms with Gasteiger partial charge in [0.25, 0.3) is 0 Å². The molecule has 0 radical (unpaired) electrons. The normalized spacial score (nSPS) is 13.7. The van der Waals surface area contributed by atoms with Crippen LogP contribution in [-0.4, -0.2) is 37.0 Å². The Labute approximate surface area is 69.5 Å². The minimum atomic E-state index is -4.93. The van der Waals surface area contributed by atoms with E-state index < -0.39 is 27.2 Å². The summed E-state index contributed by atoms with van der Waals surface area (Å²) in [6, 6.07) is 0. The highest BCUT2D eigenvalue weighted by molar-refractivity contribution is 7.84. The van der Waals surface area contributed by atoms with Gasteiger partial charge in [0.15, 0.2) is 0 Å². The molecule has 0 aromatic carbocycles. The highest BCUT2D eigenvalue weighted by Crippen LogP contribution is 2.01. The van der Waals surface area contributed by atoms with E-state index in [9.17, 15) is 16.8 Å². The molecule has 0 amide bonds. The summed E-state index contributed by atoms with van der Waals surface area (Å²) in [6.07, 6.45) is 0. The van der Waals surface area contributed by atoms with E-state index in [1.807, 2.05) is 0 Å². The molecule has 0 aliphatic heterocycles. The highest BCUT2D eigenvalue weighted by Gasteiger charge is 2.23. The average Bonchev–Trinajstić information content (AvgIpc) is 1.78. The van der Waals surface area contributed by atoms with E-state index in [2.05, 4.69) is 4.28 Å². The van der Waals surface area contributed by atoms with Crippen molar-refractivity contribution in [1.82, 2.24) is 4.47 Å². The zero-order valence-electron chi connectivity index (χ0n) is 5.91. The molecule has 0 bridgehead atoms. The van der Waals surface area contributed by atoms with Gasteiger partial charge in [-0.1, -0.05) is 0 Å². The van der Waals surface area contributed by atoms with Gasteiger partial charge >= 0.3 is 20.7 Å². The van der Waals surface area contributed by atoms with Crippen LogP contribution in [-0.2, 0) is 25.0 Å². The second-order valence-corrected chi connectivity index (χ2v) is 3.91. The van der Waals surface area contributed by atoms with Crippen LogP contribution in [0.3, 0.4) is 0 Å². The zero-order valence-corrected chi connectivity index (χ0v) is 7.54. The van der Waals surface area contributed by atoms with Crippen LogP contribution < -0.4 is 0 Å². The minimum absolute atomic E-state index is 0.289. The van der Waals surface area contributed by atoms with E-state index in [-0.39, 0.29) is 4.47 Å². The van der Waals surface area contributed by atoms with Gasteiger partial charge in [0, 0.05) is 6.54 Å². The Morgan fingerprint density at radius 1 is 1.25 bits per heavy atom. The Morgan fingerprint density at radius 2 is 1.67 bits per heavy atom. The second-order valence-electron chi connectivity index (χ2n) is 1.60. The fourth-order valence-corrected chi connectivity index (χ4v) is 1.54. The van der Waals surface area contributed by atoms with E-state index in [1.54, 1.807) is 0 Å². The van der Waals surface area contributed by atoms with Gasteiger partial charge in [-0.2, -0.15) is 16.8 Å². The highest BCUT2D eigenvalue weighted by atomic mass is 32.3. The molecule has 0 aromatic heterocycles. The maximum Gasteiger partial charge on any atom is 0.414 e. The lowest BCUT2D eigenvalue weighted by Crippen LogP contribution is -2.32. The van der Waals surface area contributed by atoms with Crippen molar-refractivity contribution in [1.29, 1.82) is 0 Å². The molecule has 10 heteroatoms. The third-order valence-corrected chi connectivity index (χ3v) is 2.00. The predicted molar refractivity (Wildman–Crippen MR) is 36.6 cm³/mol. The standard InChI is InChI=1S/C2H7NO7S2/c1-2-3(11(4,5)6)10-12(7,8)9/h2H2,1H3,(H,4,5,6)(H,7,8,9). The van der Waals surface area contributed by atoms with Crippen LogP contribution in [0, 0.1) is 0 Å². The van der Waals surface area contributed by atoms with Gasteiger partial charge in [-0.25, -0.2) is 0 Å². The van der Waals surface area contributed by atoms with Crippen molar-refractivity contribution in [3.8, 4) is 0 Å². The SMILES string of the molecule is CCN(OS(=O)(=O)O)S(=O)(=O)O. The summed E-state index contributed by atoms with van der Waals surface area (Å²) >= 11 is 0. The molecule has 0 spiro atoms. The summed E-state index contributed by atoms with van der Waals surface area (Å²) in [7, 11) is -9.71. The fourth-order valence-electron chi connectivity index (χ4n) is 0.359. The first-order valence-electron chi connectivity index (χ1n) is 2.59. The lowest BCUT2D eigenvalue weighted by molar-refractivity contribution is 0.0248. The van der Waals surface area contributed by atoms with E-state index in [1.165, 1.54) is 6.92 Å². The topological polar surface area (TPSA) is 121 Å². The molecule has 0 aliphatic carbocycles. The molecule has 2 N–H and O–H groups in total. The monoisotopic (exact) mass is 221 g/mol. The first kappa shape index (κ1) is 11.7. The molecule has 0 unspecified atom stereocenters. The van der Waals surface area contributed by atoms with Crippen LogP contribution in [0.4, 0.5) is 0 Å². The molecular formula is C2H7NO7S2. The summed E-state index contributed by atoms with van der Waals surface area (Å²) in [5.74, 6) is 0. The van der Waals surface area contributed by atoms with Crippen molar-refractivity contribution >= 4 is 20.7 Å². The molecule has 0 rings (SSSR count). The van der Waals surface area contributed by atoms with Gasteiger partial charge in [-0.05, 0) is 11.4 Å². The molecule has 0 heterocycles. The second kappa shape index (κ2) is 3.64. The van der Waals surface area contributed by atoms with Crippen LogP contribution in [0.5, 0.6) is 0 Å². The summed E-state index contributed by atoms with van der Waals surface area (Å²) < 4.78 is 59.8. The van der Waals surface area contributed by atoms with Crippen LogP contribution in [0.25, 0.3) is 0 Å². The number of hydroxylamine groups is 1. The van der Waals surface area contributed by atoms with Crippen molar-refractivity contribution in [2.75, 3.05) is 6.54 Å². The average molecular weight is 221 g/mol. The molecule has 0 aliphatic rings. The van der Waals surface area contributed by atoms with Crippen molar-refractivity contribution in [3.05, 3.63) is 0 Å². The van der Waals surface area contributed by atoms with E-state index in [0.717, 1.165) is 0 Å². The Hall–Kier alpha value is -0.260. The van der Waals surface area contributed by atoms with E-state index in [0.29, 0.717) is 0 Å². The van der Waals surface area contributed by atoms with Gasteiger partial charge in [-0.15, -0.1) is 4.28 Å². The summed E-state index contributed by atoms with van der Waals surface area (Å²) in [5.41, 5.74) is 0. The summed E-state index contributed by atoms with van der Waals surface area (Å²) in [4.78, 5) is 0. The maximum atomic E-state index is 10.2. The number of hydrogen-bond donors (Lipinski definition) is 2. The molecule has 0 saturated heterocycles. The fraction of sp³-hybridized carbons (Fsp3) is 1.00. The summed E-state index contributed by atoms with van der Waals surface area (Å²) in [6.45, 7) is 0.734. The lowest BCUT2D eigenvalue weighted by Gasteiger charge is -2.11. The Kier molecular flexibility index (Phi) is 3.56. The maximum absolute atomic E-state index is 10.2. The first-order chi connectivity index (χ1) is 5.17.